The fourth-order valence-corrected chi connectivity index (χ4v) is 2.07. The van der Waals surface area contributed by atoms with Crippen molar-refractivity contribution < 1.29 is 0 Å². The zero-order chi connectivity index (χ0) is 14.1. The maximum absolute atomic E-state index is 5.48. The number of nitrogens with one attached hydrogen (secondary N) is 1. The van der Waals surface area contributed by atoms with Crippen LogP contribution in [-0.2, 0) is 6.54 Å². The van der Waals surface area contributed by atoms with Crippen molar-refractivity contribution in [1.82, 2.24) is 10.3 Å². The van der Waals surface area contributed by atoms with E-state index in [1.807, 2.05) is 13.1 Å². The molecule has 3 nitrogen and oxygen atoms in total. The molecule has 0 aliphatic carbocycles. The van der Waals surface area contributed by atoms with Gasteiger partial charge in [-0.15, -0.1) is 6.42 Å². The van der Waals surface area contributed by atoms with Crippen molar-refractivity contribution in [1.29, 1.82) is 0 Å². The van der Waals surface area contributed by atoms with Gasteiger partial charge in [0.05, 0.1) is 6.54 Å². The minimum atomic E-state index is 0.651. The lowest BCUT2D eigenvalue weighted by Crippen LogP contribution is -2.27. The van der Waals surface area contributed by atoms with Crippen LogP contribution >= 0.6 is 0 Å². The third-order valence-corrected chi connectivity index (χ3v) is 2.96. The number of nitrogens with zero attached hydrogens (tertiary/aromatic N) is 2. The van der Waals surface area contributed by atoms with E-state index < -0.39 is 0 Å². The molecule has 0 aromatic carbocycles. The molecule has 0 unspecified atom stereocenters. The first-order valence-corrected chi connectivity index (χ1v) is 7.07. The second kappa shape index (κ2) is 8.55. The third-order valence-electron chi connectivity index (χ3n) is 2.96. The predicted molar refractivity (Wildman–Crippen MR) is 82.3 cm³/mol. The lowest BCUT2D eigenvalue weighted by molar-refractivity contribution is 0.670. The van der Waals surface area contributed by atoms with Gasteiger partial charge in [0, 0.05) is 36.2 Å². The smallest absolute Gasteiger partial charge is 0.0791 e. The lowest BCUT2D eigenvalue weighted by Gasteiger charge is -2.25. The molecule has 0 saturated heterocycles. The van der Waals surface area contributed by atoms with Gasteiger partial charge in [-0.1, -0.05) is 19.8 Å². The largest absolute Gasteiger partial charge is 0.360 e. The zero-order valence-electron chi connectivity index (χ0n) is 12.4. The van der Waals surface area contributed by atoms with E-state index in [0.717, 1.165) is 38.2 Å². The SMILES string of the molecule is C#CCN(CCC)c1cc(C)ncc1CNCCC. The van der Waals surface area contributed by atoms with Crippen molar-refractivity contribution in [2.75, 3.05) is 24.5 Å². The molecule has 0 saturated carbocycles. The van der Waals surface area contributed by atoms with Gasteiger partial charge in [0.1, 0.15) is 0 Å². The summed E-state index contributed by atoms with van der Waals surface area (Å²) in [6.07, 6.45) is 9.67. The van der Waals surface area contributed by atoms with Crippen LogP contribution in [0.3, 0.4) is 0 Å². The van der Waals surface area contributed by atoms with Crippen LogP contribution in [0.1, 0.15) is 37.9 Å². The predicted octanol–water partition coefficient (Wildman–Crippen LogP) is 2.74. The van der Waals surface area contributed by atoms with Gasteiger partial charge in [0.2, 0.25) is 0 Å². The van der Waals surface area contributed by atoms with Crippen LogP contribution in [-0.4, -0.2) is 24.6 Å². The molecule has 0 atom stereocenters. The Kier molecular flexibility index (Phi) is 6.99. The Morgan fingerprint density at radius 3 is 2.79 bits per heavy atom. The van der Waals surface area contributed by atoms with Crippen molar-refractivity contribution in [2.45, 2.75) is 40.2 Å². The first-order chi connectivity index (χ1) is 9.22. The highest BCUT2D eigenvalue weighted by atomic mass is 15.1. The maximum Gasteiger partial charge on any atom is 0.0791 e. The molecule has 1 aromatic rings. The second-order valence-electron chi connectivity index (χ2n) is 4.76. The molecule has 0 fully saturated rings. The Morgan fingerprint density at radius 1 is 1.37 bits per heavy atom. The van der Waals surface area contributed by atoms with E-state index in [2.05, 4.69) is 41.0 Å². The molecule has 0 spiro atoms. The highest BCUT2D eigenvalue weighted by molar-refractivity contribution is 5.54. The number of hydrogen-bond acceptors (Lipinski definition) is 3. The minimum Gasteiger partial charge on any atom is -0.360 e. The highest BCUT2D eigenvalue weighted by Gasteiger charge is 2.10. The minimum absolute atomic E-state index is 0.651. The topological polar surface area (TPSA) is 28.2 Å². The second-order valence-corrected chi connectivity index (χ2v) is 4.76. The number of rotatable bonds is 8. The Morgan fingerprint density at radius 2 is 2.16 bits per heavy atom. The number of pyridine rings is 1. The van der Waals surface area contributed by atoms with Gasteiger partial charge in [-0.25, -0.2) is 0 Å². The van der Waals surface area contributed by atoms with Gasteiger partial charge in [-0.3, -0.25) is 4.98 Å². The molecule has 1 rings (SSSR count). The Bertz CT molecular complexity index is 420. The zero-order valence-corrected chi connectivity index (χ0v) is 12.4. The molecule has 0 bridgehead atoms. The molecule has 0 radical (unpaired) electrons. The van der Waals surface area contributed by atoms with Crippen LogP contribution in [0.25, 0.3) is 0 Å². The summed E-state index contributed by atoms with van der Waals surface area (Å²) in [6.45, 7) is 9.87. The van der Waals surface area contributed by atoms with E-state index in [9.17, 15) is 0 Å². The summed E-state index contributed by atoms with van der Waals surface area (Å²) in [5, 5.41) is 3.43. The van der Waals surface area contributed by atoms with Crippen LogP contribution in [0.15, 0.2) is 12.3 Å². The molecule has 0 amide bonds. The average molecular weight is 259 g/mol. The fourth-order valence-electron chi connectivity index (χ4n) is 2.07. The van der Waals surface area contributed by atoms with Crippen LogP contribution in [0, 0.1) is 19.3 Å². The van der Waals surface area contributed by atoms with E-state index in [-0.39, 0.29) is 0 Å². The first kappa shape index (κ1) is 15.5. The first-order valence-electron chi connectivity index (χ1n) is 7.07. The van der Waals surface area contributed by atoms with E-state index in [1.165, 1.54) is 11.3 Å². The van der Waals surface area contributed by atoms with Gasteiger partial charge in [-0.05, 0) is 32.4 Å². The molecule has 104 valence electrons. The van der Waals surface area contributed by atoms with Crippen molar-refractivity contribution in [3.63, 3.8) is 0 Å². The standard InChI is InChI=1S/C16H25N3/c1-5-8-17-12-15-13-18-14(4)11-16(15)19(9-6-2)10-7-3/h2,11,13,17H,5,7-10,12H2,1,3-4H3. The monoisotopic (exact) mass is 259 g/mol. The number of terminal acetylenes is 1. The molecule has 1 heterocycles. The van der Waals surface area contributed by atoms with Crippen LogP contribution in [0.5, 0.6) is 0 Å². The number of hydrogen-bond donors (Lipinski definition) is 1. The molecule has 19 heavy (non-hydrogen) atoms. The average Bonchev–Trinajstić information content (AvgIpc) is 2.40. The molecule has 1 aromatic heterocycles. The molecule has 3 heteroatoms. The van der Waals surface area contributed by atoms with Crippen LogP contribution in [0.2, 0.25) is 0 Å². The summed E-state index contributed by atoms with van der Waals surface area (Å²) >= 11 is 0. The van der Waals surface area contributed by atoms with Crippen molar-refractivity contribution in [2.24, 2.45) is 0 Å². The summed E-state index contributed by atoms with van der Waals surface area (Å²) in [4.78, 5) is 6.66. The van der Waals surface area contributed by atoms with Gasteiger partial charge >= 0.3 is 0 Å². The Labute approximate surface area is 117 Å². The van der Waals surface area contributed by atoms with Crippen molar-refractivity contribution >= 4 is 5.69 Å². The van der Waals surface area contributed by atoms with E-state index in [0.29, 0.717) is 6.54 Å². The summed E-state index contributed by atoms with van der Waals surface area (Å²) in [5.74, 6) is 2.75. The van der Waals surface area contributed by atoms with E-state index in [1.54, 1.807) is 0 Å². The van der Waals surface area contributed by atoms with Crippen molar-refractivity contribution in [3.8, 4) is 12.3 Å². The Hall–Kier alpha value is -1.53. The molecular weight excluding hydrogens is 234 g/mol. The van der Waals surface area contributed by atoms with Crippen LogP contribution in [0.4, 0.5) is 5.69 Å². The third kappa shape index (κ3) is 4.92. The summed E-state index contributed by atoms with van der Waals surface area (Å²) in [6, 6.07) is 2.13. The number of aryl methyl sites for hydroxylation is 1. The molecule has 1 N–H and O–H groups in total. The fraction of sp³-hybridized carbons (Fsp3) is 0.562. The quantitative estimate of drug-likeness (QED) is 0.575. The molecule has 0 aliphatic rings. The van der Waals surface area contributed by atoms with Gasteiger partial charge in [-0.2, -0.15) is 0 Å². The summed E-state index contributed by atoms with van der Waals surface area (Å²) < 4.78 is 0. The van der Waals surface area contributed by atoms with E-state index >= 15 is 0 Å². The van der Waals surface area contributed by atoms with Crippen molar-refractivity contribution in [3.05, 3.63) is 23.5 Å². The highest BCUT2D eigenvalue weighted by Crippen LogP contribution is 2.21. The number of anilines is 1. The van der Waals surface area contributed by atoms with Gasteiger partial charge in [0.25, 0.3) is 0 Å². The van der Waals surface area contributed by atoms with Crippen LogP contribution < -0.4 is 10.2 Å². The van der Waals surface area contributed by atoms with E-state index in [4.69, 9.17) is 6.42 Å². The maximum atomic E-state index is 5.48. The number of aromatic nitrogens is 1. The van der Waals surface area contributed by atoms with Gasteiger partial charge < -0.3 is 10.2 Å². The molecular formula is C16H25N3. The molecule has 0 aliphatic heterocycles. The summed E-state index contributed by atoms with van der Waals surface area (Å²) in [7, 11) is 0. The lowest BCUT2D eigenvalue weighted by atomic mass is 10.1. The summed E-state index contributed by atoms with van der Waals surface area (Å²) in [5.41, 5.74) is 3.48. The normalized spacial score (nSPS) is 10.2. The van der Waals surface area contributed by atoms with Gasteiger partial charge in [0.15, 0.2) is 0 Å². The Balaban J connectivity index is 2.93.